The SMILES string of the molecule is CC1=C(C(=O)NCCc2c[nH]c3ccccc23)C(c2cccs2)C2=C(CC(C)(C)CC2=O)N1. The van der Waals surface area contributed by atoms with Crippen molar-refractivity contribution in [2.45, 2.75) is 46.0 Å². The van der Waals surface area contributed by atoms with Crippen LogP contribution in [-0.4, -0.2) is 23.2 Å². The number of hydrogen-bond donors (Lipinski definition) is 3. The Morgan fingerprint density at radius 1 is 1.18 bits per heavy atom. The van der Waals surface area contributed by atoms with E-state index in [0.29, 0.717) is 18.5 Å². The van der Waals surface area contributed by atoms with E-state index < -0.39 is 0 Å². The Bertz CT molecular complexity index is 1290. The molecule has 1 atom stereocenters. The number of rotatable bonds is 5. The van der Waals surface area contributed by atoms with E-state index >= 15 is 0 Å². The molecule has 0 fully saturated rings. The van der Waals surface area contributed by atoms with Crippen molar-refractivity contribution in [1.29, 1.82) is 0 Å². The highest BCUT2D eigenvalue weighted by Gasteiger charge is 2.42. The van der Waals surface area contributed by atoms with E-state index in [0.717, 1.165) is 40.2 Å². The Hall–Kier alpha value is -3.12. The van der Waals surface area contributed by atoms with E-state index in [-0.39, 0.29) is 23.0 Å². The van der Waals surface area contributed by atoms with Gasteiger partial charge in [0.1, 0.15) is 0 Å². The topological polar surface area (TPSA) is 74.0 Å². The third-order valence-corrected chi connectivity index (χ3v) is 7.60. The summed E-state index contributed by atoms with van der Waals surface area (Å²) >= 11 is 1.60. The van der Waals surface area contributed by atoms with E-state index in [1.165, 1.54) is 10.9 Å². The fourth-order valence-corrected chi connectivity index (χ4v) is 6.06. The number of carbonyl (C=O) groups is 2. The number of benzene rings is 1. The number of H-pyrrole nitrogens is 1. The Balaban J connectivity index is 1.40. The molecule has 6 heteroatoms. The molecule has 0 saturated heterocycles. The van der Waals surface area contributed by atoms with Crippen molar-refractivity contribution >= 4 is 33.9 Å². The Kier molecular flexibility index (Phi) is 5.49. The van der Waals surface area contributed by atoms with Crippen LogP contribution in [0.4, 0.5) is 0 Å². The van der Waals surface area contributed by atoms with Gasteiger partial charge in [-0.1, -0.05) is 38.1 Å². The van der Waals surface area contributed by atoms with Crippen molar-refractivity contribution in [1.82, 2.24) is 15.6 Å². The summed E-state index contributed by atoms with van der Waals surface area (Å²) in [5, 5.41) is 9.75. The number of carbonyl (C=O) groups excluding carboxylic acids is 2. The van der Waals surface area contributed by atoms with Crippen LogP contribution in [0.25, 0.3) is 10.9 Å². The van der Waals surface area contributed by atoms with Gasteiger partial charge < -0.3 is 15.6 Å². The first-order valence-electron chi connectivity index (χ1n) is 11.4. The van der Waals surface area contributed by atoms with Crippen molar-refractivity contribution < 1.29 is 9.59 Å². The van der Waals surface area contributed by atoms with E-state index in [1.54, 1.807) is 11.3 Å². The maximum Gasteiger partial charge on any atom is 0.249 e. The second-order valence-corrected chi connectivity index (χ2v) is 10.8. The molecule has 3 heterocycles. The summed E-state index contributed by atoms with van der Waals surface area (Å²) < 4.78 is 0. The zero-order chi connectivity index (χ0) is 23.2. The van der Waals surface area contributed by atoms with Gasteiger partial charge in [-0.2, -0.15) is 0 Å². The lowest BCUT2D eigenvalue weighted by Gasteiger charge is -2.39. The van der Waals surface area contributed by atoms with E-state index in [4.69, 9.17) is 0 Å². The van der Waals surface area contributed by atoms with Crippen molar-refractivity contribution in [3.63, 3.8) is 0 Å². The number of Topliss-reactive ketones (excluding diaryl/α,β-unsaturated/α-hetero) is 1. The molecule has 2 aromatic heterocycles. The monoisotopic (exact) mass is 459 g/mol. The van der Waals surface area contributed by atoms with Crippen molar-refractivity contribution in [3.8, 4) is 0 Å². The molecular weight excluding hydrogens is 430 g/mol. The second kappa shape index (κ2) is 8.34. The normalized spacial score (nSPS) is 20.1. The van der Waals surface area contributed by atoms with Gasteiger partial charge in [-0.15, -0.1) is 11.3 Å². The molecule has 1 aliphatic carbocycles. The summed E-state index contributed by atoms with van der Waals surface area (Å²) in [7, 11) is 0. The third-order valence-electron chi connectivity index (χ3n) is 6.67. The molecule has 3 N–H and O–H groups in total. The van der Waals surface area contributed by atoms with Gasteiger partial charge in [0.15, 0.2) is 5.78 Å². The lowest BCUT2D eigenvalue weighted by molar-refractivity contribution is -0.118. The predicted molar refractivity (Wildman–Crippen MR) is 133 cm³/mol. The minimum Gasteiger partial charge on any atom is -0.362 e. The molecule has 0 spiro atoms. The molecule has 5 nitrogen and oxygen atoms in total. The van der Waals surface area contributed by atoms with Crippen LogP contribution in [0.5, 0.6) is 0 Å². The lowest BCUT2D eigenvalue weighted by atomic mass is 9.69. The van der Waals surface area contributed by atoms with Gasteiger partial charge in [-0.05, 0) is 48.3 Å². The minimum absolute atomic E-state index is 0.0811. The highest BCUT2D eigenvalue weighted by atomic mass is 32.1. The largest absolute Gasteiger partial charge is 0.362 e. The zero-order valence-electron chi connectivity index (χ0n) is 19.2. The number of aromatic amines is 1. The summed E-state index contributed by atoms with van der Waals surface area (Å²) in [6.45, 7) is 6.73. The summed E-state index contributed by atoms with van der Waals surface area (Å²) in [4.78, 5) is 31.1. The molecule has 0 saturated carbocycles. The van der Waals surface area contributed by atoms with Crippen molar-refractivity contribution in [2.24, 2.45) is 5.41 Å². The fourth-order valence-electron chi connectivity index (χ4n) is 5.22. The van der Waals surface area contributed by atoms with Crippen LogP contribution in [0.3, 0.4) is 0 Å². The molecule has 170 valence electrons. The molecule has 5 rings (SSSR count). The second-order valence-electron chi connectivity index (χ2n) is 9.81. The number of dihydropyridines is 1. The molecule has 33 heavy (non-hydrogen) atoms. The van der Waals surface area contributed by atoms with E-state index in [2.05, 4.69) is 41.6 Å². The van der Waals surface area contributed by atoms with Crippen molar-refractivity contribution in [2.75, 3.05) is 6.54 Å². The zero-order valence-corrected chi connectivity index (χ0v) is 20.1. The summed E-state index contributed by atoms with van der Waals surface area (Å²) in [6.07, 6.45) is 4.06. The molecule has 1 aliphatic heterocycles. The molecule has 1 unspecified atom stereocenters. The number of hydrogen-bond acceptors (Lipinski definition) is 4. The van der Waals surface area contributed by atoms with E-state index in [9.17, 15) is 9.59 Å². The first kappa shape index (κ1) is 21.7. The highest BCUT2D eigenvalue weighted by molar-refractivity contribution is 7.10. The van der Waals surface area contributed by atoms with Crippen LogP contribution >= 0.6 is 11.3 Å². The maximum atomic E-state index is 13.5. The van der Waals surface area contributed by atoms with Crippen LogP contribution < -0.4 is 10.6 Å². The van der Waals surface area contributed by atoms with E-state index in [1.807, 2.05) is 42.8 Å². The predicted octanol–water partition coefficient (Wildman–Crippen LogP) is 5.19. The van der Waals surface area contributed by atoms with Crippen LogP contribution in [0.15, 0.2) is 70.5 Å². The number of aromatic nitrogens is 1. The van der Waals surface area contributed by atoms with Crippen LogP contribution in [-0.2, 0) is 16.0 Å². The van der Waals surface area contributed by atoms with Crippen LogP contribution in [0, 0.1) is 5.41 Å². The van der Waals surface area contributed by atoms with Gasteiger partial charge in [0.2, 0.25) is 5.91 Å². The van der Waals surface area contributed by atoms with Gasteiger partial charge in [0.25, 0.3) is 0 Å². The Morgan fingerprint density at radius 3 is 2.79 bits per heavy atom. The molecule has 0 radical (unpaired) electrons. The quantitative estimate of drug-likeness (QED) is 0.491. The van der Waals surface area contributed by atoms with Crippen molar-refractivity contribution in [3.05, 3.63) is 81.0 Å². The summed E-state index contributed by atoms with van der Waals surface area (Å²) in [5.74, 6) is -0.274. The van der Waals surface area contributed by atoms with Gasteiger partial charge in [0, 0.05) is 57.5 Å². The fraction of sp³-hybridized carbons (Fsp3) is 0.333. The summed E-state index contributed by atoms with van der Waals surface area (Å²) in [6, 6.07) is 12.2. The Labute approximate surface area is 198 Å². The van der Waals surface area contributed by atoms with Gasteiger partial charge >= 0.3 is 0 Å². The van der Waals surface area contributed by atoms with Gasteiger partial charge in [0.05, 0.1) is 5.92 Å². The molecular formula is C27H29N3O2S. The number of amides is 1. The number of thiophene rings is 1. The third kappa shape index (κ3) is 4.04. The molecule has 1 aromatic carbocycles. The highest BCUT2D eigenvalue weighted by Crippen LogP contribution is 2.47. The standard InChI is InChI=1S/C27H29N3O2S/c1-16-23(26(32)28-11-10-17-15-29-19-8-5-4-7-18(17)19)25(22-9-6-12-33-22)24-20(30-16)13-27(2,3)14-21(24)31/h4-9,12,15,25,29-30H,10-11,13-14H2,1-3H3,(H,28,32). The molecule has 0 bridgehead atoms. The number of ketones is 1. The average Bonchev–Trinajstić information content (AvgIpc) is 3.42. The lowest BCUT2D eigenvalue weighted by Crippen LogP contribution is -2.40. The van der Waals surface area contributed by atoms with Gasteiger partial charge in [-0.3, -0.25) is 9.59 Å². The molecule has 3 aromatic rings. The number of nitrogens with one attached hydrogen (secondary N) is 3. The maximum absolute atomic E-state index is 13.5. The smallest absolute Gasteiger partial charge is 0.249 e. The van der Waals surface area contributed by atoms with Gasteiger partial charge in [-0.25, -0.2) is 0 Å². The summed E-state index contributed by atoms with van der Waals surface area (Å²) in [5.41, 5.74) is 5.44. The Morgan fingerprint density at radius 2 is 2.00 bits per heavy atom. The first-order chi connectivity index (χ1) is 15.8. The average molecular weight is 460 g/mol. The van der Waals surface area contributed by atoms with Crippen LogP contribution in [0.1, 0.15) is 50.0 Å². The van der Waals surface area contributed by atoms with Crippen LogP contribution in [0.2, 0.25) is 0 Å². The molecule has 1 amide bonds. The first-order valence-corrected chi connectivity index (χ1v) is 12.3. The molecule has 2 aliphatic rings. The number of fused-ring (bicyclic) bond motifs is 1. The minimum atomic E-state index is -0.307. The number of allylic oxidation sites excluding steroid dienone is 3. The number of para-hydroxylation sites is 1.